The van der Waals surface area contributed by atoms with Crippen molar-refractivity contribution in [2.24, 2.45) is 0 Å². The second-order valence-electron chi connectivity index (χ2n) is 5.76. The first-order chi connectivity index (χ1) is 11.1. The molecule has 1 fully saturated rings. The van der Waals surface area contributed by atoms with Gasteiger partial charge in [0, 0.05) is 19.6 Å². The van der Waals surface area contributed by atoms with Gasteiger partial charge < -0.3 is 9.47 Å². The van der Waals surface area contributed by atoms with E-state index in [1.54, 1.807) is 4.31 Å². The Bertz CT molecular complexity index is 658. The molecule has 3 rings (SSSR count). The van der Waals surface area contributed by atoms with E-state index in [1.807, 2.05) is 32.0 Å². The summed E-state index contributed by atoms with van der Waals surface area (Å²) in [6.45, 7) is 6.37. The maximum absolute atomic E-state index is 12.9. The van der Waals surface area contributed by atoms with Gasteiger partial charge in [-0.15, -0.1) is 0 Å². The third kappa shape index (κ3) is 3.05. The van der Waals surface area contributed by atoms with Gasteiger partial charge in [-0.25, -0.2) is 0 Å². The van der Waals surface area contributed by atoms with Crippen molar-refractivity contribution in [2.75, 3.05) is 32.8 Å². The van der Waals surface area contributed by atoms with Crippen molar-refractivity contribution in [2.45, 2.75) is 32.7 Å². The molecule has 2 aliphatic heterocycles. The third-order valence-electron chi connectivity index (χ3n) is 4.48. The van der Waals surface area contributed by atoms with E-state index >= 15 is 0 Å². The van der Waals surface area contributed by atoms with Crippen LogP contribution in [-0.4, -0.2) is 49.9 Å². The molecular formula is C16H24N2O4S. The highest BCUT2D eigenvalue weighted by Crippen LogP contribution is 2.39. The van der Waals surface area contributed by atoms with Gasteiger partial charge in [-0.3, -0.25) is 0 Å². The Balaban J connectivity index is 1.90. The highest BCUT2D eigenvalue weighted by molar-refractivity contribution is 7.86. The minimum Gasteiger partial charge on any atom is -0.486 e. The van der Waals surface area contributed by atoms with Crippen LogP contribution in [0.15, 0.2) is 18.2 Å². The second kappa shape index (κ2) is 6.67. The van der Waals surface area contributed by atoms with E-state index in [1.165, 1.54) is 4.31 Å². The standard InChI is InChI=1S/C16H24N2O4S/c1-3-17(4-2)23(19,20)18-9-5-6-14(18)13-7-8-15-16(12-13)22-11-10-21-15/h7-8,12,14H,3-6,9-11H2,1-2H3/t14-/m0/s1. The average molecular weight is 340 g/mol. The Hall–Kier alpha value is -1.31. The third-order valence-corrected chi connectivity index (χ3v) is 6.68. The Kier molecular flexibility index (Phi) is 4.79. The predicted molar refractivity (Wildman–Crippen MR) is 88.0 cm³/mol. The SMILES string of the molecule is CCN(CC)S(=O)(=O)N1CCC[C@H]1c1ccc2c(c1)OCCO2. The second-order valence-corrected chi connectivity index (χ2v) is 7.64. The lowest BCUT2D eigenvalue weighted by Crippen LogP contribution is -2.43. The summed E-state index contributed by atoms with van der Waals surface area (Å²) < 4.78 is 40.0. The molecule has 0 spiro atoms. The summed E-state index contributed by atoms with van der Waals surface area (Å²) >= 11 is 0. The molecule has 7 heteroatoms. The molecule has 0 radical (unpaired) electrons. The van der Waals surface area contributed by atoms with Crippen molar-refractivity contribution in [3.05, 3.63) is 23.8 Å². The zero-order chi connectivity index (χ0) is 16.4. The van der Waals surface area contributed by atoms with Gasteiger partial charge in [-0.2, -0.15) is 17.0 Å². The van der Waals surface area contributed by atoms with E-state index in [0.717, 1.165) is 24.2 Å². The van der Waals surface area contributed by atoms with Gasteiger partial charge in [-0.05, 0) is 30.5 Å². The Morgan fingerprint density at radius 3 is 2.57 bits per heavy atom. The molecule has 0 aliphatic carbocycles. The molecule has 2 aliphatic rings. The van der Waals surface area contributed by atoms with Crippen LogP contribution in [-0.2, 0) is 10.2 Å². The fourth-order valence-corrected chi connectivity index (χ4v) is 5.17. The summed E-state index contributed by atoms with van der Waals surface area (Å²) in [6.07, 6.45) is 1.71. The van der Waals surface area contributed by atoms with Gasteiger partial charge in [0.25, 0.3) is 10.2 Å². The van der Waals surface area contributed by atoms with E-state index in [0.29, 0.717) is 38.6 Å². The fourth-order valence-electron chi connectivity index (χ4n) is 3.31. The molecule has 2 heterocycles. The van der Waals surface area contributed by atoms with Gasteiger partial charge in [0.1, 0.15) is 13.2 Å². The van der Waals surface area contributed by atoms with Crippen LogP contribution in [0.1, 0.15) is 38.3 Å². The van der Waals surface area contributed by atoms with Crippen molar-refractivity contribution in [3.8, 4) is 11.5 Å². The van der Waals surface area contributed by atoms with Crippen molar-refractivity contribution >= 4 is 10.2 Å². The number of ether oxygens (including phenoxy) is 2. The lowest BCUT2D eigenvalue weighted by Gasteiger charge is -2.30. The monoisotopic (exact) mass is 340 g/mol. The Morgan fingerprint density at radius 2 is 1.87 bits per heavy atom. The van der Waals surface area contributed by atoms with E-state index in [-0.39, 0.29) is 6.04 Å². The zero-order valence-electron chi connectivity index (χ0n) is 13.7. The van der Waals surface area contributed by atoms with Crippen molar-refractivity contribution < 1.29 is 17.9 Å². The predicted octanol–water partition coefficient (Wildman–Crippen LogP) is 2.18. The Labute approximate surface area is 138 Å². The van der Waals surface area contributed by atoms with Crippen LogP contribution >= 0.6 is 0 Å². The number of benzene rings is 1. The molecule has 0 amide bonds. The number of hydrogen-bond acceptors (Lipinski definition) is 4. The highest BCUT2D eigenvalue weighted by Gasteiger charge is 2.38. The normalized spacial score (nSPS) is 21.8. The molecule has 128 valence electrons. The van der Waals surface area contributed by atoms with E-state index in [2.05, 4.69) is 0 Å². The molecule has 0 N–H and O–H groups in total. The number of fused-ring (bicyclic) bond motifs is 1. The lowest BCUT2D eigenvalue weighted by molar-refractivity contribution is 0.171. The van der Waals surface area contributed by atoms with Gasteiger partial charge in [0.15, 0.2) is 11.5 Å². The van der Waals surface area contributed by atoms with Crippen LogP contribution < -0.4 is 9.47 Å². The van der Waals surface area contributed by atoms with Crippen LogP contribution in [0.3, 0.4) is 0 Å². The van der Waals surface area contributed by atoms with Crippen molar-refractivity contribution in [3.63, 3.8) is 0 Å². The van der Waals surface area contributed by atoms with Crippen LogP contribution in [0.4, 0.5) is 0 Å². The maximum Gasteiger partial charge on any atom is 0.282 e. The molecule has 6 nitrogen and oxygen atoms in total. The average Bonchev–Trinajstić information content (AvgIpc) is 3.06. The smallest absolute Gasteiger partial charge is 0.282 e. The largest absolute Gasteiger partial charge is 0.486 e. The summed E-state index contributed by atoms with van der Waals surface area (Å²) in [5.74, 6) is 1.44. The molecule has 0 bridgehead atoms. The molecule has 1 atom stereocenters. The van der Waals surface area contributed by atoms with Crippen LogP contribution in [0.5, 0.6) is 11.5 Å². The maximum atomic E-state index is 12.9. The molecular weight excluding hydrogens is 316 g/mol. The topological polar surface area (TPSA) is 59.1 Å². The first-order valence-corrected chi connectivity index (χ1v) is 9.64. The van der Waals surface area contributed by atoms with Gasteiger partial charge in [0.05, 0.1) is 6.04 Å². The highest BCUT2D eigenvalue weighted by atomic mass is 32.2. The van der Waals surface area contributed by atoms with Crippen molar-refractivity contribution in [1.82, 2.24) is 8.61 Å². The van der Waals surface area contributed by atoms with E-state index < -0.39 is 10.2 Å². The molecule has 0 unspecified atom stereocenters. The number of nitrogens with zero attached hydrogens (tertiary/aromatic N) is 2. The Morgan fingerprint density at radius 1 is 1.17 bits per heavy atom. The van der Waals surface area contributed by atoms with E-state index in [4.69, 9.17) is 9.47 Å². The molecule has 23 heavy (non-hydrogen) atoms. The molecule has 1 saturated heterocycles. The molecule has 0 saturated carbocycles. The first kappa shape index (κ1) is 16.5. The fraction of sp³-hybridized carbons (Fsp3) is 0.625. The van der Waals surface area contributed by atoms with Gasteiger partial charge >= 0.3 is 0 Å². The molecule has 0 aromatic heterocycles. The van der Waals surface area contributed by atoms with Crippen LogP contribution in [0.25, 0.3) is 0 Å². The van der Waals surface area contributed by atoms with Crippen LogP contribution in [0.2, 0.25) is 0 Å². The zero-order valence-corrected chi connectivity index (χ0v) is 14.5. The number of hydrogen-bond donors (Lipinski definition) is 0. The van der Waals surface area contributed by atoms with E-state index in [9.17, 15) is 8.42 Å². The summed E-state index contributed by atoms with van der Waals surface area (Å²) in [7, 11) is -3.42. The summed E-state index contributed by atoms with van der Waals surface area (Å²) in [6, 6.07) is 5.63. The quantitative estimate of drug-likeness (QED) is 0.824. The summed E-state index contributed by atoms with van der Waals surface area (Å²) in [5.41, 5.74) is 0.975. The molecule has 1 aromatic carbocycles. The lowest BCUT2D eigenvalue weighted by atomic mass is 10.0. The van der Waals surface area contributed by atoms with Gasteiger partial charge in [0.2, 0.25) is 0 Å². The summed E-state index contributed by atoms with van der Waals surface area (Å²) in [4.78, 5) is 0. The first-order valence-electron chi connectivity index (χ1n) is 8.24. The number of rotatable bonds is 5. The van der Waals surface area contributed by atoms with Gasteiger partial charge in [-0.1, -0.05) is 19.9 Å². The summed E-state index contributed by atoms with van der Waals surface area (Å²) in [5, 5.41) is 0. The van der Waals surface area contributed by atoms with Crippen LogP contribution in [0, 0.1) is 0 Å². The van der Waals surface area contributed by atoms with Crippen molar-refractivity contribution in [1.29, 1.82) is 0 Å². The minimum absolute atomic E-state index is 0.128. The minimum atomic E-state index is -3.42. The molecule has 1 aromatic rings.